The molecule has 0 spiro atoms. The standard InChI is InChI=1S/C18H23N5O/c1-20-11-13(9-19)18-22-15-7-14(21-10-12-3-4-12)8-16-17(15)23(18)5-2-6-24-16/h7-9,11-12,19-21H,2-6,10H2,1H3/b13-11+,19-9?. The Labute approximate surface area is 141 Å². The van der Waals surface area contributed by atoms with Crippen molar-refractivity contribution in [2.24, 2.45) is 5.92 Å². The Hall–Kier alpha value is -2.50. The van der Waals surface area contributed by atoms with Crippen LogP contribution in [-0.4, -0.2) is 36.0 Å². The molecule has 1 aromatic heterocycles. The van der Waals surface area contributed by atoms with E-state index in [0.29, 0.717) is 6.61 Å². The lowest BCUT2D eigenvalue weighted by Crippen LogP contribution is -2.06. The van der Waals surface area contributed by atoms with Crippen molar-refractivity contribution >= 4 is 28.5 Å². The van der Waals surface area contributed by atoms with Crippen molar-refractivity contribution in [2.45, 2.75) is 25.8 Å². The maximum Gasteiger partial charge on any atom is 0.147 e. The molecule has 6 heteroatoms. The molecule has 24 heavy (non-hydrogen) atoms. The summed E-state index contributed by atoms with van der Waals surface area (Å²) in [5, 5.41) is 14.2. The van der Waals surface area contributed by atoms with Crippen molar-refractivity contribution in [1.29, 1.82) is 5.41 Å². The number of hydrogen-bond donors (Lipinski definition) is 3. The number of nitrogens with one attached hydrogen (secondary N) is 3. The largest absolute Gasteiger partial charge is 0.491 e. The van der Waals surface area contributed by atoms with Gasteiger partial charge in [0.25, 0.3) is 0 Å². The molecule has 0 saturated heterocycles. The first-order valence-corrected chi connectivity index (χ1v) is 8.59. The van der Waals surface area contributed by atoms with Crippen LogP contribution in [0.3, 0.4) is 0 Å². The molecule has 0 bridgehead atoms. The molecule has 1 aliphatic heterocycles. The van der Waals surface area contributed by atoms with Crippen molar-refractivity contribution in [3.05, 3.63) is 24.2 Å². The fourth-order valence-electron chi connectivity index (χ4n) is 3.20. The molecule has 6 nitrogen and oxygen atoms in total. The molecule has 1 saturated carbocycles. The maximum atomic E-state index is 7.70. The van der Waals surface area contributed by atoms with Gasteiger partial charge in [0.05, 0.1) is 17.7 Å². The van der Waals surface area contributed by atoms with Gasteiger partial charge in [-0.15, -0.1) is 0 Å². The highest BCUT2D eigenvalue weighted by molar-refractivity contribution is 6.08. The number of imidazole rings is 1. The molecule has 126 valence electrons. The summed E-state index contributed by atoms with van der Waals surface area (Å²) in [4.78, 5) is 4.80. The Bertz CT molecular complexity index is 803. The van der Waals surface area contributed by atoms with Crippen LogP contribution in [0.2, 0.25) is 0 Å². The van der Waals surface area contributed by atoms with Crippen molar-refractivity contribution in [2.75, 3.05) is 25.5 Å². The molecular formula is C18H23N5O. The topological polar surface area (TPSA) is 75.0 Å². The Morgan fingerprint density at radius 3 is 3.08 bits per heavy atom. The second-order valence-electron chi connectivity index (χ2n) is 6.49. The van der Waals surface area contributed by atoms with E-state index in [9.17, 15) is 0 Å². The van der Waals surface area contributed by atoms with Crippen LogP contribution in [0.5, 0.6) is 5.75 Å². The van der Waals surface area contributed by atoms with E-state index in [2.05, 4.69) is 27.3 Å². The van der Waals surface area contributed by atoms with Gasteiger partial charge in [-0.1, -0.05) is 0 Å². The van der Waals surface area contributed by atoms with Gasteiger partial charge >= 0.3 is 0 Å². The third kappa shape index (κ3) is 2.72. The summed E-state index contributed by atoms with van der Waals surface area (Å²) in [6, 6.07) is 4.18. The second-order valence-corrected chi connectivity index (χ2v) is 6.49. The van der Waals surface area contributed by atoms with Gasteiger partial charge in [-0.25, -0.2) is 4.98 Å². The first-order valence-electron chi connectivity index (χ1n) is 8.59. The third-order valence-corrected chi connectivity index (χ3v) is 4.60. The molecule has 2 aromatic rings. The van der Waals surface area contributed by atoms with E-state index in [0.717, 1.165) is 59.3 Å². The van der Waals surface area contributed by atoms with Gasteiger partial charge in [0.15, 0.2) is 0 Å². The van der Waals surface area contributed by atoms with Crippen LogP contribution < -0.4 is 15.4 Å². The normalized spacial score (nSPS) is 17.3. The summed E-state index contributed by atoms with van der Waals surface area (Å²) in [6.07, 6.45) is 6.75. The highest BCUT2D eigenvalue weighted by atomic mass is 16.5. The SMILES string of the molecule is CN/C=C(\C=N)c1nc2cc(NCC3CC3)cc3c2n1CCCO3. The number of nitrogens with zero attached hydrogens (tertiary/aromatic N) is 2. The number of rotatable bonds is 6. The van der Waals surface area contributed by atoms with E-state index in [-0.39, 0.29) is 0 Å². The van der Waals surface area contributed by atoms with Crippen LogP contribution in [0, 0.1) is 11.3 Å². The van der Waals surface area contributed by atoms with Crippen LogP contribution >= 0.6 is 0 Å². The first kappa shape index (κ1) is 15.1. The minimum atomic E-state index is 0.706. The molecule has 0 unspecified atom stereocenters. The second kappa shape index (κ2) is 6.19. The smallest absolute Gasteiger partial charge is 0.147 e. The van der Waals surface area contributed by atoms with E-state index >= 15 is 0 Å². The average molecular weight is 325 g/mol. The zero-order valence-electron chi connectivity index (χ0n) is 13.9. The van der Waals surface area contributed by atoms with E-state index in [1.54, 1.807) is 0 Å². The summed E-state index contributed by atoms with van der Waals surface area (Å²) >= 11 is 0. The lowest BCUT2D eigenvalue weighted by molar-refractivity contribution is 0.315. The third-order valence-electron chi connectivity index (χ3n) is 4.60. The molecule has 1 aliphatic carbocycles. The highest BCUT2D eigenvalue weighted by Gasteiger charge is 2.23. The molecule has 3 N–H and O–H groups in total. The fraction of sp³-hybridized carbons (Fsp3) is 0.444. The monoisotopic (exact) mass is 325 g/mol. The Kier molecular flexibility index (Phi) is 3.88. The van der Waals surface area contributed by atoms with Gasteiger partial charge in [0.2, 0.25) is 0 Å². The molecule has 2 aliphatic rings. The number of benzene rings is 1. The summed E-state index contributed by atoms with van der Waals surface area (Å²) < 4.78 is 8.15. The predicted molar refractivity (Wildman–Crippen MR) is 96.9 cm³/mol. The summed E-state index contributed by atoms with van der Waals surface area (Å²) in [6.45, 7) is 2.57. The van der Waals surface area contributed by atoms with Crippen LogP contribution in [0.4, 0.5) is 5.69 Å². The number of aryl methyl sites for hydroxylation is 1. The molecule has 0 atom stereocenters. The van der Waals surface area contributed by atoms with Gasteiger partial charge in [-0.3, -0.25) is 0 Å². The van der Waals surface area contributed by atoms with Gasteiger partial charge in [0, 0.05) is 44.3 Å². The Balaban J connectivity index is 1.81. The van der Waals surface area contributed by atoms with Crippen LogP contribution in [0.1, 0.15) is 25.1 Å². The maximum absolute atomic E-state index is 7.70. The van der Waals surface area contributed by atoms with Gasteiger partial charge in [0.1, 0.15) is 17.1 Å². The summed E-state index contributed by atoms with van der Waals surface area (Å²) in [5.74, 6) is 2.52. The van der Waals surface area contributed by atoms with E-state index in [1.807, 2.05) is 13.2 Å². The molecular weight excluding hydrogens is 302 g/mol. The van der Waals surface area contributed by atoms with Gasteiger partial charge in [-0.05, 0) is 31.2 Å². The molecule has 0 amide bonds. The van der Waals surface area contributed by atoms with E-state index in [1.165, 1.54) is 19.1 Å². The fourth-order valence-corrected chi connectivity index (χ4v) is 3.20. The number of allylic oxidation sites excluding steroid dienone is 1. The minimum absolute atomic E-state index is 0.706. The minimum Gasteiger partial charge on any atom is -0.491 e. The quantitative estimate of drug-likeness (QED) is 0.714. The number of hydrogen-bond acceptors (Lipinski definition) is 5. The Morgan fingerprint density at radius 2 is 2.33 bits per heavy atom. The molecule has 0 radical (unpaired) electrons. The number of anilines is 1. The number of ether oxygens (including phenoxy) is 1. The zero-order valence-corrected chi connectivity index (χ0v) is 13.9. The van der Waals surface area contributed by atoms with Crippen LogP contribution in [0.15, 0.2) is 18.3 Å². The molecule has 1 fully saturated rings. The Morgan fingerprint density at radius 1 is 1.46 bits per heavy atom. The predicted octanol–water partition coefficient (Wildman–Crippen LogP) is 2.85. The zero-order chi connectivity index (χ0) is 16.5. The molecule has 2 heterocycles. The van der Waals surface area contributed by atoms with Crippen molar-refractivity contribution in [3.63, 3.8) is 0 Å². The highest BCUT2D eigenvalue weighted by Crippen LogP contribution is 2.35. The van der Waals surface area contributed by atoms with Gasteiger partial charge in [-0.2, -0.15) is 0 Å². The number of aromatic nitrogens is 2. The van der Waals surface area contributed by atoms with Crippen molar-refractivity contribution in [3.8, 4) is 5.75 Å². The van der Waals surface area contributed by atoms with Crippen LogP contribution in [-0.2, 0) is 6.54 Å². The first-order chi connectivity index (χ1) is 11.8. The molecule has 4 rings (SSSR count). The van der Waals surface area contributed by atoms with Crippen LogP contribution in [0.25, 0.3) is 16.6 Å². The molecule has 1 aromatic carbocycles. The summed E-state index contributed by atoms with van der Waals surface area (Å²) in [7, 11) is 1.84. The lowest BCUT2D eigenvalue weighted by Gasteiger charge is -2.10. The van der Waals surface area contributed by atoms with E-state index < -0.39 is 0 Å². The van der Waals surface area contributed by atoms with Crippen molar-refractivity contribution < 1.29 is 4.74 Å². The summed E-state index contributed by atoms with van der Waals surface area (Å²) in [5.41, 5.74) is 3.79. The van der Waals surface area contributed by atoms with Crippen molar-refractivity contribution in [1.82, 2.24) is 14.9 Å². The van der Waals surface area contributed by atoms with E-state index in [4.69, 9.17) is 15.1 Å². The average Bonchev–Trinajstić information content (AvgIpc) is 3.37. The lowest BCUT2D eigenvalue weighted by atomic mass is 10.2. The van der Waals surface area contributed by atoms with Gasteiger partial charge < -0.3 is 25.3 Å².